The van der Waals surface area contributed by atoms with Crippen LogP contribution < -0.4 is 4.90 Å². The maximum Gasteiger partial charge on any atom is 0.237 e. The third kappa shape index (κ3) is 1.92. The highest BCUT2D eigenvalue weighted by molar-refractivity contribution is 6.22. The van der Waals surface area contributed by atoms with E-state index in [0.29, 0.717) is 17.2 Å². The van der Waals surface area contributed by atoms with Gasteiger partial charge in [-0.15, -0.1) is 6.42 Å². The summed E-state index contributed by atoms with van der Waals surface area (Å²) in [5.41, 5.74) is 1.30. The molecule has 0 bridgehead atoms. The Kier molecular flexibility index (Phi) is 3.10. The summed E-state index contributed by atoms with van der Waals surface area (Å²) >= 11 is 0. The molecular weight excluding hydrogens is 250 g/mol. The number of carbonyl (C=O) groups excluding carboxylic acids is 2. The molecule has 2 amide bonds. The molecule has 2 aliphatic rings. The molecule has 1 aliphatic carbocycles. The van der Waals surface area contributed by atoms with Crippen LogP contribution in [0.5, 0.6) is 0 Å². The molecule has 0 aromatic heterocycles. The van der Waals surface area contributed by atoms with Crippen LogP contribution in [0.1, 0.15) is 31.7 Å². The van der Waals surface area contributed by atoms with Crippen molar-refractivity contribution < 1.29 is 9.59 Å². The molecule has 3 nitrogen and oxygen atoms in total. The molecule has 0 spiro atoms. The van der Waals surface area contributed by atoms with Gasteiger partial charge in [-0.05, 0) is 43.4 Å². The highest BCUT2D eigenvalue weighted by atomic mass is 16.2. The Bertz CT molecular complexity index is 614. The minimum atomic E-state index is -0.138. The summed E-state index contributed by atoms with van der Waals surface area (Å²) in [6.45, 7) is 2.15. The van der Waals surface area contributed by atoms with Gasteiger partial charge in [-0.3, -0.25) is 14.5 Å². The van der Waals surface area contributed by atoms with Crippen LogP contribution in [0.2, 0.25) is 0 Å². The number of hydrogen-bond acceptors (Lipinski definition) is 2. The second-order valence-electron chi connectivity index (χ2n) is 5.84. The summed E-state index contributed by atoms with van der Waals surface area (Å²) in [6, 6.07) is 7.09. The highest BCUT2D eigenvalue weighted by Crippen LogP contribution is 2.42. The number of carbonyl (C=O) groups is 2. The van der Waals surface area contributed by atoms with E-state index in [1.54, 1.807) is 24.3 Å². The van der Waals surface area contributed by atoms with Crippen molar-refractivity contribution in [3.63, 3.8) is 0 Å². The molecule has 1 aromatic carbocycles. The number of amides is 2. The summed E-state index contributed by atoms with van der Waals surface area (Å²) in [5.74, 6) is 2.68. The van der Waals surface area contributed by atoms with E-state index in [1.165, 1.54) is 4.90 Å². The van der Waals surface area contributed by atoms with Gasteiger partial charge in [-0.1, -0.05) is 18.9 Å². The first-order valence-corrected chi connectivity index (χ1v) is 7.06. The van der Waals surface area contributed by atoms with Gasteiger partial charge in [0.15, 0.2) is 0 Å². The summed E-state index contributed by atoms with van der Waals surface area (Å²) in [7, 11) is 0. The van der Waals surface area contributed by atoms with Crippen LogP contribution in [0, 0.1) is 30.1 Å². The van der Waals surface area contributed by atoms with Crippen LogP contribution in [0.4, 0.5) is 5.69 Å². The van der Waals surface area contributed by atoms with E-state index in [-0.39, 0.29) is 23.7 Å². The van der Waals surface area contributed by atoms with E-state index >= 15 is 0 Å². The van der Waals surface area contributed by atoms with Crippen LogP contribution in [0.3, 0.4) is 0 Å². The Morgan fingerprint density at radius 1 is 1.20 bits per heavy atom. The van der Waals surface area contributed by atoms with Crippen molar-refractivity contribution in [3.05, 3.63) is 29.8 Å². The normalized spacial score (nSPS) is 29.2. The average Bonchev–Trinajstić information content (AvgIpc) is 2.70. The van der Waals surface area contributed by atoms with Gasteiger partial charge >= 0.3 is 0 Å². The van der Waals surface area contributed by atoms with E-state index in [2.05, 4.69) is 12.8 Å². The van der Waals surface area contributed by atoms with Gasteiger partial charge in [-0.25, -0.2) is 0 Å². The molecule has 1 aliphatic heterocycles. The monoisotopic (exact) mass is 267 g/mol. The molecule has 1 aromatic rings. The van der Waals surface area contributed by atoms with Crippen LogP contribution in [0.15, 0.2) is 24.3 Å². The van der Waals surface area contributed by atoms with Crippen LogP contribution in [-0.4, -0.2) is 11.8 Å². The lowest BCUT2D eigenvalue weighted by atomic mass is 9.76. The number of fused-ring (bicyclic) bond motifs is 1. The van der Waals surface area contributed by atoms with Crippen molar-refractivity contribution in [2.45, 2.75) is 26.2 Å². The molecule has 1 saturated heterocycles. The molecule has 20 heavy (non-hydrogen) atoms. The molecule has 3 rings (SSSR count). The quantitative estimate of drug-likeness (QED) is 0.579. The van der Waals surface area contributed by atoms with Crippen molar-refractivity contribution in [2.24, 2.45) is 17.8 Å². The van der Waals surface area contributed by atoms with Crippen molar-refractivity contribution >= 4 is 17.5 Å². The number of imide groups is 1. The number of benzene rings is 1. The van der Waals surface area contributed by atoms with E-state index in [1.807, 2.05) is 0 Å². The first-order chi connectivity index (χ1) is 9.61. The fourth-order valence-corrected chi connectivity index (χ4v) is 3.38. The molecular formula is C17H17NO2. The lowest BCUT2D eigenvalue weighted by molar-refractivity contribution is -0.122. The van der Waals surface area contributed by atoms with E-state index in [0.717, 1.165) is 19.3 Å². The fraction of sp³-hybridized carbons (Fsp3) is 0.412. The van der Waals surface area contributed by atoms with Gasteiger partial charge in [0.25, 0.3) is 0 Å². The number of hydrogen-bond donors (Lipinski definition) is 0. The summed E-state index contributed by atoms with van der Waals surface area (Å²) in [4.78, 5) is 26.4. The van der Waals surface area contributed by atoms with Crippen molar-refractivity contribution in [1.29, 1.82) is 0 Å². The molecule has 0 unspecified atom stereocenters. The number of anilines is 1. The van der Waals surface area contributed by atoms with Crippen molar-refractivity contribution in [1.82, 2.24) is 0 Å². The Morgan fingerprint density at radius 3 is 2.70 bits per heavy atom. The first kappa shape index (κ1) is 12.9. The van der Waals surface area contributed by atoms with Gasteiger partial charge in [0.2, 0.25) is 11.8 Å². The zero-order valence-corrected chi connectivity index (χ0v) is 11.5. The van der Waals surface area contributed by atoms with Crippen molar-refractivity contribution in [3.8, 4) is 12.3 Å². The van der Waals surface area contributed by atoms with E-state index in [4.69, 9.17) is 6.42 Å². The molecule has 1 saturated carbocycles. The zero-order valence-electron chi connectivity index (χ0n) is 11.5. The van der Waals surface area contributed by atoms with Gasteiger partial charge in [0, 0.05) is 5.56 Å². The minimum absolute atomic E-state index is 0.0546. The molecule has 0 N–H and O–H groups in total. The molecule has 1 heterocycles. The standard InChI is InChI=1S/C17H17NO2/c1-3-12-5-4-6-13(10-12)18-16(19)14-8-7-11(2)9-15(14)17(18)20/h1,4-6,10-11,14-15H,7-9H2,2H3/t11-,14-,15-/m0/s1. The number of nitrogens with zero attached hydrogens (tertiary/aromatic N) is 1. The molecule has 3 atom stereocenters. The smallest absolute Gasteiger partial charge is 0.237 e. The Hall–Kier alpha value is -2.08. The maximum absolute atomic E-state index is 12.5. The molecule has 2 fully saturated rings. The molecule has 0 radical (unpaired) electrons. The molecule has 3 heteroatoms. The van der Waals surface area contributed by atoms with E-state index in [9.17, 15) is 9.59 Å². The Balaban J connectivity index is 1.96. The lowest BCUT2D eigenvalue weighted by Crippen LogP contribution is -2.30. The first-order valence-electron chi connectivity index (χ1n) is 7.06. The Labute approximate surface area is 119 Å². The summed E-state index contributed by atoms with van der Waals surface area (Å²) in [5, 5.41) is 0. The average molecular weight is 267 g/mol. The predicted molar refractivity (Wildman–Crippen MR) is 76.9 cm³/mol. The Morgan fingerprint density at radius 2 is 1.95 bits per heavy atom. The van der Waals surface area contributed by atoms with Crippen LogP contribution >= 0.6 is 0 Å². The van der Waals surface area contributed by atoms with Gasteiger partial charge in [-0.2, -0.15) is 0 Å². The van der Waals surface area contributed by atoms with Gasteiger partial charge in [0.05, 0.1) is 17.5 Å². The highest BCUT2D eigenvalue weighted by Gasteiger charge is 2.49. The second kappa shape index (κ2) is 4.79. The van der Waals surface area contributed by atoms with Crippen LogP contribution in [-0.2, 0) is 9.59 Å². The largest absolute Gasteiger partial charge is 0.274 e. The lowest BCUT2D eigenvalue weighted by Gasteiger charge is -2.25. The third-order valence-corrected chi connectivity index (χ3v) is 4.46. The predicted octanol–water partition coefficient (Wildman–Crippen LogP) is 2.59. The van der Waals surface area contributed by atoms with Crippen molar-refractivity contribution in [2.75, 3.05) is 4.90 Å². The summed E-state index contributed by atoms with van der Waals surface area (Å²) in [6.07, 6.45) is 8.05. The number of terminal acetylenes is 1. The second-order valence-corrected chi connectivity index (χ2v) is 5.84. The zero-order chi connectivity index (χ0) is 14.3. The number of rotatable bonds is 1. The fourth-order valence-electron chi connectivity index (χ4n) is 3.38. The SMILES string of the molecule is C#Cc1cccc(N2C(=O)[C@H]3CC[C@H](C)C[C@@H]3C2=O)c1. The van der Waals surface area contributed by atoms with Crippen LogP contribution in [0.25, 0.3) is 0 Å². The topological polar surface area (TPSA) is 37.4 Å². The molecule has 102 valence electrons. The maximum atomic E-state index is 12.5. The summed E-state index contributed by atoms with van der Waals surface area (Å²) < 4.78 is 0. The van der Waals surface area contributed by atoms with Gasteiger partial charge in [0.1, 0.15) is 0 Å². The van der Waals surface area contributed by atoms with E-state index < -0.39 is 0 Å². The van der Waals surface area contributed by atoms with Gasteiger partial charge < -0.3 is 0 Å². The minimum Gasteiger partial charge on any atom is -0.274 e. The third-order valence-electron chi connectivity index (χ3n) is 4.46.